The topological polar surface area (TPSA) is 88.0 Å². The van der Waals surface area contributed by atoms with Crippen LogP contribution in [0, 0.1) is 0 Å². The first-order chi connectivity index (χ1) is 13.6. The molecule has 2 N–H and O–H groups in total. The van der Waals surface area contributed by atoms with Gasteiger partial charge in [-0.25, -0.2) is 13.4 Å². The van der Waals surface area contributed by atoms with Crippen LogP contribution >= 0.6 is 35.3 Å². The summed E-state index contributed by atoms with van der Waals surface area (Å²) in [6, 6.07) is 7.51. The van der Waals surface area contributed by atoms with Gasteiger partial charge in [0.25, 0.3) is 10.0 Å². The van der Waals surface area contributed by atoms with E-state index in [0.29, 0.717) is 37.1 Å². The Morgan fingerprint density at radius 3 is 2.62 bits per heavy atom. The van der Waals surface area contributed by atoms with Crippen LogP contribution in [0.15, 0.2) is 45.9 Å². The Balaban J connectivity index is 0.00000300. The molecule has 11 heteroatoms. The van der Waals surface area contributed by atoms with Gasteiger partial charge in [-0.15, -0.1) is 35.3 Å². The molecule has 8 nitrogen and oxygen atoms in total. The Morgan fingerprint density at radius 1 is 1.21 bits per heavy atom. The third kappa shape index (κ3) is 6.95. The number of hydrogen-bond acceptors (Lipinski definition) is 5. The van der Waals surface area contributed by atoms with Gasteiger partial charge in [-0.05, 0) is 31.2 Å². The molecule has 0 aliphatic carbocycles. The smallest absolute Gasteiger partial charge is 0.252 e. The van der Waals surface area contributed by atoms with Crippen molar-refractivity contribution >= 4 is 51.3 Å². The van der Waals surface area contributed by atoms with Crippen LogP contribution in [-0.2, 0) is 27.8 Å². The second-order valence-electron chi connectivity index (χ2n) is 6.28. The molecule has 2 aromatic heterocycles. The predicted octanol–water partition coefficient (Wildman–Crippen LogP) is 1.94. The maximum atomic E-state index is 12.7. The minimum absolute atomic E-state index is 0. The maximum absolute atomic E-state index is 12.7. The van der Waals surface area contributed by atoms with E-state index in [-0.39, 0.29) is 24.0 Å². The highest BCUT2D eigenvalue weighted by Crippen LogP contribution is 2.26. The fraction of sp³-hybridized carbons (Fsp3) is 0.500. The average Bonchev–Trinajstić information content (AvgIpc) is 3.39. The van der Waals surface area contributed by atoms with Gasteiger partial charge in [0.2, 0.25) is 0 Å². The van der Waals surface area contributed by atoms with E-state index >= 15 is 0 Å². The Kier molecular flexibility index (Phi) is 9.89. The van der Waals surface area contributed by atoms with E-state index in [2.05, 4.69) is 20.2 Å². The zero-order valence-corrected chi connectivity index (χ0v) is 20.4. The van der Waals surface area contributed by atoms with Crippen LogP contribution in [0.25, 0.3) is 0 Å². The van der Waals surface area contributed by atoms with E-state index in [1.807, 2.05) is 37.5 Å². The molecule has 1 aliphatic heterocycles. The average molecular weight is 553 g/mol. The van der Waals surface area contributed by atoms with Crippen LogP contribution in [0.1, 0.15) is 11.8 Å². The molecular weight excluding hydrogens is 525 g/mol. The second-order valence-corrected chi connectivity index (χ2v) is 9.61. The molecule has 1 saturated heterocycles. The van der Waals surface area contributed by atoms with Crippen molar-refractivity contribution in [2.24, 2.45) is 4.99 Å². The lowest BCUT2D eigenvalue weighted by atomic mass is 10.5. The van der Waals surface area contributed by atoms with Gasteiger partial charge in [0.1, 0.15) is 4.21 Å². The largest absolute Gasteiger partial charge is 0.379 e. The number of sulfonamides is 1. The third-order valence-electron chi connectivity index (χ3n) is 4.27. The normalized spacial score (nSPS) is 15.7. The van der Waals surface area contributed by atoms with E-state index in [0.717, 1.165) is 30.5 Å². The van der Waals surface area contributed by atoms with Crippen molar-refractivity contribution in [2.45, 2.75) is 24.2 Å². The number of guanidine groups is 1. The van der Waals surface area contributed by atoms with E-state index in [1.165, 1.54) is 15.6 Å². The molecule has 3 rings (SSSR count). The summed E-state index contributed by atoms with van der Waals surface area (Å²) in [4.78, 5) is 5.49. The fourth-order valence-electron chi connectivity index (χ4n) is 2.82. The molecule has 162 valence electrons. The summed E-state index contributed by atoms with van der Waals surface area (Å²) in [6.45, 7) is 6.51. The minimum atomic E-state index is -3.44. The van der Waals surface area contributed by atoms with E-state index in [4.69, 9.17) is 4.74 Å². The van der Waals surface area contributed by atoms with Gasteiger partial charge in [0, 0.05) is 50.0 Å². The molecule has 0 amide bonds. The second kappa shape index (κ2) is 11.9. The van der Waals surface area contributed by atoms with Crippen LogP contribution in [0.4, 0.5) is 0 Å². The molecule has 1 aliphatic rings. The number of ether oxygens (including phenoxy) is 1. The number of halogens is 1. The molecular formula is C18H28IN5O3S2. The summed E-state index contributed by atoms with van der Waals surface area (Å²) in [7, 11) is -3.44. The molecule has 0 unspecified atom stereocenters. The van der Waals surface area contributed by atoms with Gasteiger partial charge in [0.15, 0.2) is 5.96 Å². The van der Waals surface area contributed by atoms with E-state index in [1.54, 1.807) is 6.07 Å². The van der Waals surface area contributed by atoms with Gasteiger partial charge >= 0.3 is 0 Å². The number of morpholine rings is 1. The molecule has 0 radical (unpaired) electrons. The van der Waals surface area contributed by atoms with Crippen molar-refractivity contribution in [1.29, 1.82) is 0 Å². The summed E-state index contributed by atoms with van der Waals surface area (Å²) in [6.07, 6.45) is 4.04. The zero-order chi connectivity index (χ0) is 19.8. The van der Waals surface area contributed by atoms with Gasteiger partial charge < -0.3 is 19.9 Å². The number of rotatable bonds is 8. The summed E-state index contributed by atoms with van der Waals surface area (Å²) in [5.41, 5.74) is 0. The van der Waals surface area contributed by atoms with E-state index < -0.39 is 10.0 Å². The van der Waals surface area contributed by atoms with Crippen LogP contribution in [0.3, 0.4) is 0 Å². The molecule has 2 aromatic rings. The first kappa shape index (κ1) is 24.1. The number of nitrogens with one attached hydrogen (secondary N) is 2. The van der Waals surface area contributed by atoms with Crippen molar-refractivity contribution in [1.82, 2.24) is 19.5 Å². The summed E-state index contributed by atoms with van der Waals surface area (Å²) >= 11 is 1.28. The molecule has 0 bridgehead atoms. The number of aromatic nitrogens is 1. The van der Waals surface area contributed by atoms with Crippen molar-refractivity contribution in [3.05, 3.63) is 41.5 Å². The minimum Gasteiger partial charge on any atom is -0.379 e. The van der Waals surface area contributed by atoms with Gasteiger partial charge in [0.05, 0.1) is 19.8 Å². The van der Waals surface area contributed by atoms with Gasteiger partial charge in [-0.3, -0.25) is 0 Å². The standard InChI is InChI=1S/C18H27N5O3S2.HI/c1-2-19-18(20-7-10-22-8-3-4-9-22)21-15-16-5-6-17(27-16)28(24,25)23-11-13-26-14-12-23;/h3-6,8-9H,2,7,10-15H2,1H3,(H2,19,20,21);1H. The summed E-state index contributed by atoms with van der Waals surface area (Å²) < 4.78 is 34.6. The monoisotopic (exact) mass is 553 g/mol. The molecule has 0 atom stereocenters. The summed E-state index contributed by atoms with van der Waals surface area (Å²) in [5, 5.41) is 6.52. The molecule has 3 heterocycles. The molecule has 0 aromatic carbocycles. The first-order valence-corrected chi connectivity index (χ1v) is 11.6. The number of hydrogen-bond donors (Lipinski definition) is 2. The van der Waals surface area contributed by atoms with Crippen molar-refractivity contribution in [3.63, 3.8) is 0 Å². The lowest BCUT2D eigenvalue weighted by Gasteiger charge is -2.25. The molecule has 1 fully saturated rings. The van der Waals surface area contributed by atoms with Gasteiger partial charge in [-0.1, -0.05) is 0 Å². The van der Waals surface area contributed by atoms with Crippen LogP contribution in [0.5, 0.6) is 0 Å². The lowest BCUT2D eigenvalue weighted by molar-refractivity contribution is 0.0731. The summed E-state index contributed by atoms with van der Waals surface area (Å²) in [5.74, 6) is 0.723. The molecule has 0 saturated carbocycles. The highest BCUT2D eigenvalue weighted by molar-refractivity contribution is 14.0. The Bertz CT molecular complexity index is 862. The SMILES string of the molecule is CCNC(=NCc1ccc(S(=O)(=O)N2CCOCC2)s1)NCCn1cccc1.I. The fourth-order valence-corrected chi connectivity index (χ4v) is 5.66. The van der Waals surface area contributed by atoms with Crippen molar-refractivity contribution in [2.75, 3.05) is 39.4 Å². The van der Waals surface area contributed by atoms with Crippen LogP contribution in [0.2, 0.25) is 0 Å². The Labute approximate surface area is 193 Å². The predicted molar refractivity (Wildman–Crippen MR) is 127 cm³/mol. The molecule has 0 spiro atoms. The van der Waals surface area contributed by atoms with Crippen LogP contribution in [-0.4, -0.2) is 62.6 Å². The van der Waals surface area contributed by atoms with E-state index in [9.17, 15) is 8.42 Å². The van der Waals surface area contributed by atoms with Gasteiger partial charge in [-0.2, -0.15) is 4.31 Å². The molecule has 29 heavy (non-hydrogen) atoms. The Hall–Kier alpha value is -1.15. The number of nitrogens with zero attached hydrogens (tertiary/aromatic N) is 3. The quantitative estimate of drug-likeness (QED) is 0.297. The lowest BCUT2D eigenvalue weighted by Crippen LogP contribution is -2.40. The first-order valence-electron chi connectivity index (χ1n) is 9.39. The van der Waals surface area contributed by atoms with Crippen molar-refractivity contribution in [3.8, 4) is 0 Å². The number of aliphatic imine (C=N–C) groups is 1. The highest BCUT2D eigenvalue weighted by Gasteiger charge is 2.27. The highest BCUT2D eigenvalue weighted by atomic mass is 127. The zero-order valence-electron chi connectivity index (χ0n) is 16.4. The maximum Gasteiger partial charge on any atom is 0.252 e. The van der Waals surface area contributed by atoms with Crippen molar-refractivity contribution < 1.29 is 13.2 Å². The van der Waals surface area contributed by atoms with Crippen LogP contribution < -0.4 is 10.6 Å². The Morgan fingerprint density at radius 2 is 1.93 bits per heavy atom. The third-order valence-corrected chi connectivity index (χ3v) is 7.70. The number of thiophene rings is 1.